The van der Waals surface area contributed by atoms with Gasteiger partial charge in [0.15, 0.2) is 0 Å². The van der Waals surface area contributed by atoms with Crippen molar-refractivity contribution in [1.29, 1.82) is 0 Å². The lowest BCUT2D eigenvalue weighted by atomic mass is 9.93. The van der Waals surface area contributed by atoms with Gasteiger partial charge >= 0.3 is 5.97 Å². The molecule has 0 N–H and O–H groups in total. The van der Waals surface area contributed by atoms with Crippen molar-refractivity contribution in [3.8, 4) is 0 Å². The molecule has 1 aliphatic rings. The van der Waals surface area contributed by atoms with Crippen molar-refractivity contribution < 1.29 is 19.1 Å². The molecule has 0 aromatic heterocycles. The molecule has 4 nitrogen and oxygen atoms in total. The van der Waals surface area contributed by atoms with Gasteiger partial charge in [0.05, 0.1) is 7.11 Å². The molecule has 122 valence electrons. The number of Topliss-reactive ketones (excluding diaryl/α,β-unsaturated/α-hetero) is 1. The first kappa shape index (κ1) is 18.1. The maximum atomic E-state index is 12.2. The Labute approximate surface area is 128 Å². The average molecular weight is 298 g/mol. The highest BCUT2D eigenvalue weighted by Gasteiger charge is 2.26. The zero-order valence-electron chi connectivity index (χ0n) is 13.4. The molecule has 0 aliphatic carbocycles. The lowest BCUT2D eigenvalue weighted by Gasteiger charge is -2.14. The van der Waals surface area contributed by atoms with Crippen molar-refractivity contribution >= 4 is 11.8 Å². The van der Waals surface area contributed by atoms with E-state index in [0.717, 1.165) is 71.0 Å². The highest BCUT2D eigenvalue weighted by atomic mass is 16.5. The highest BCUT2D eigenvalue weighted by molar-refractivity contribution is 5.98. The fourth-order valence-corrected chi connectivity index (χ4v) is 2.77. The third kappa shape index (κ3) is 8.20. The zero-order chi connectivity index (χ0) is 15.3. The average Bonchev–Trinajstić information content (AvgIpc) is 2.49. The molecule has 0 aromatic carbocycles. The summed E-state index contributed by atoms with van der Waals surface area (Å²) in [4.78, 5) is 23.9. The number of carbonyl (C=O) groups excluding carboxylic acids is 2. The first-order chi connectivity index (χ1) is 10.3. The minimum atomic E-state index is -0.542. The molecule has 1 heterocycles. The second kappa shape index (κ2) is 11.7. The Morgan fingerprint density at radius 3 is 2.19 bits per heavy atom. The number of ether oxygens (including phenoxy) is 2. The fraction of sp³-hybridized carbons (Fsp3) is 0.882. The molecule has 0 amide bonds. The molecule has 1 fully saturated rings. The van der Waals surface area contributed by atoms with E-state index in [0.29, 0.717) is 12.8 Å². The largest absolute Gasteiger partial charge is 0.468 e. The lowest BCUT2D eigenvalue weighted by molar-refractivity contribution is -0.149. The molecule has 1 atom stereocenters. The number of methoxy groups -OCH3 is 1. The molecule has 0 bridgehead atoms. The Balaban J connectivity index is 2.44. The SMILES string of the molecule is COC(=O)C1CCCCCCOCCCCCCCC1=O. The summed E-state index contributed by atoms with van der Waals surface area (Å²) < 4.78 is 10.4. The van der Waals surface area contributed by atoms with E-state index in [1.54, 1.807) is 0 Å². The van der Waals surface area contributed by atoms with Crippen LogP contribution in [0, 0.1) is 5.92 Å². The minimum Gasteiger partial charge on any atom is -0.468 e. The van der Waals surface area contributed by atoms with Crippen LogP contribution in [0.3, 0.4) is 0 Å². The molecule has 1 saturated heterocycles. The number of hydrogen-bond acceptors (Lipinski definition) is 4. The van der Waals surface area contributed by atoms with Crippen LogP contribution in [0.15, 0.2) is 0 Å². The smallest absolute Gasteiger partial charge is 0.316 e. The second-order valence-electron chi connectivity index (χ2n) is 5.88. The van der Waals surface area contributed by atoms with Gasteiger partial charge in [-0.25, -0.2) is 0 Å². The van der Waals surface area contributed by atoms with Gasteiger partial charge in [0.25, 0.3) is 0 Å². The Morgan fingerprint density at radius 1 is 0.952 bits per heavy atom. The van der Waals surface area contributed by atoms with Gasteiger partial charge in [0.2, 0.25) is 0 Å². The Hall–Kier alpha value is -0.900. The van der Waals surface area contributed by atoms with Crippen LogP contribution >= 0.6 is 0 Å². The van der Waals surface area contributed by atoms with Crippen molar-refractivity contribution in [3.05, 3.63) is 0 Å². The van der Waals surface area contributed by atoms with Gasteiger partial charge in [0, 0.05) is 19.6 Å². The topological polar surface area (TPSA) is 52.6 Å². The number of hydrogen-bond donors (Lipinski definition) is 0. The van der Waals surface area contributed by atoms with E-state index in [2.05, 4.69) is 0 Å². The number of esters is 1. The van der Waals surface area contributed by atoms with Gasteiger partial charge in [-0.15, -0.1) is 0 Å². The Morgan fingerprint density at radius 2 is 1.52 bits per heavy atom. The predicted octanol–water partition coefficient (Wildman–Crippen LogP) is 3.67. The van der Waals surface area contributed by atoms with Gasteiger partial charge < -0.3 is 9.47 Å². The summed E-state index contributed by atoms with van der Waals surface area (Å²) in [7, 11) is 1.37. The molecular weight excluding hydrogens is 268 g/mol. The van der Waals surface area contributed by atoms with Crippen LogP contribution in [0.25, 0.3) is 0 Å². The van der Waals surface area contributed by atoms with Crippen LogP contribution < -0.4 is 0 Å². The zero-order valence-corrected chi connectivity index (χ0v) is 13.4. The number of rotatable bonds is 1. The first-order valence-corrected chi connectivity index (χ1v) is 8.44. The van der Waals surface area contributed by atoms with Crippen molar-refractivity contribution in [2.45, 2.75) is 70.6 Å². The summed E-state index contributed by atoms with van der Waals surface area (Å²) in [5, 5.41) is 0. The molecule has 1 unspecified atom stereocenters. The van der Waals surface area contributed by atoms with E-state index < -0.39 is 5.92 Å². The van der Waals surface area contributed by atoms with E-state index in [9.17, 15) is 9.59 Å². The second-order valence-corrected chi connectivity index (χ2v) is 5.88. The van der Waals surface area contributed by atoms with E-state index in [1.165, 1.54) is 7.11 Å². The van der Waals surface area contributed by atoms with Crippen molar-refractivity contribution in [1.82, 2.24) is 0 Å². The van der Waals surface area contributed by atoms with Crippen LogP contribution in [-0.4, -0.2) is 32.1 Å². The van der Waals surface area contributed by atoms with E-state index >= 15 is 0 Å². The van der Waals surface area contributed by atoms with Gasteiger partial charge in [-0.3, -0.25) is 9.59 Å². The molecule has 0 aromatic rings. The van der Waals surface area contributed by atoms with E-state index in [-0.39, 0.29) is 11.8 Å². The first-order valence-electron chi connectivity index (χ1n) is 8.44. The van der Waals surface area contributed by atoms with Gasteiger partial charge in [0.1, 0.15) is 11.7 Å². The van der Waals surface area contributed by atoms with Crippen LogP contribution in [0.5, 0.6) is 0 Å². The predicted molar refractivity (Wildman–Crippen MR) is 82.1 cm³/mol. The quantitative estimate of drug-likeness (QED) is 0.547. The lowest BCUT2D eigenvalue weighted by Crippen LogP contribution is -2.25. The third-order valence-electron chi connectivity index (χ3n) is 4.12. The van der Waals surface area contributed by atoms with Gasteiger partial charge in [-0.1, -0.05) is 38.5 Å². The van der Waals surface area contributed by atoms with E-state index in [4.69, 9.17) is 9.47 Å². The standard InChI is InChI=1S/C17H30O4/c1-20-17(19)15-11-7-4-6-10-14-21-13-9-5-2-3-8-12-16(15)18/h15H,2-14H2,1H3. The van der Waals surface area contributed by atoms with E-state index in [1.807, 2.05) is 0 Å². The molecule has 0 spiro atoms. The summed E-state index contributed by atoms with van der Waals surface area (Å²) in [6.07, 6.45) is 10.6. The Kier molecular flexibility index (Phi) is 10.1. The van der Waals surface area contributed by atoms with Gasteiger partial charge in [-0.05, 0) is 25.7 Å². The van der Waals surface area contributed by atoms with Crippen LogP contribution in [0.1, 0.15) is 70.6 Å². The summed E-state index contributed by atoms with van der Waals surface area (Å²) >= 11 is 0. The number of carbonyl (C=O) groups is 2. The molecule has 0 radical (unpaired) electrons. The minimum absolute atomic E-state index is 0.0669. The number of ketones is 1. The van der Waals surface area contributed by atoms with Crippen LogP contribution in [0.4, 0.5) is 0 Å². The van der Waals surface area contributed by atoms with Crippen LogP contribution in [-0.2, 0) is 19.1 Å². The molecule has 1 aliphatic heterocycles. The fourth-order valence-electron chi connectivity index (χ4n) is 2.77. The summed E-state index contributed by atoms with van der Waals surface area (Å²) in [5.74, 6) is -0.833. The van der Waals surface area contributed by atoms with Crippen LogP contribution in [0.2, 0.25) is 0 Å². The summed E-state index contributed by atoms with van der Waals surface area (Å²) in [6.45, 7) is 1.70. The normalized spacial score (nSPS) is 24.4. The molecule has 0 saturated carbocycles. The summed E-state index contributed by atoms with van der Waals surface area (Å²) in [6, 6.07) is 0. The third-order valence-corrected chi connectivity index (χ3v) is 4.12. The van der Waals surface area contributed by atoms with Crippen molar-refractivity contribution in [2.24, 2.45) is 5.92 Å². The van der Waals surface area contributed by atoms with Gasteiger partial charge in [-0.2, -0.15) is 0 Å². The van der Waals surface area contributed by atoms with Crippen molar-refractivity contribution in [3.63, 3.8) is 0 Å². The molecular formula is C17H30O4. The van der Waals surface area contributed by atoms with Crippen molar-refractivity contribution in [2.75, 3.05) is 20.3 Å². The Bertz CT molecular complexity index is 301. The maximum absolute atomic E-state index is 12.2. The monoisotopic (exact) mass is 298 g/mol. The highest BCUT2D eigenvalue weighted by Crippen LogP contribution is 2.18. The molecule has 4 heteroatoms. The molecule has 21 heavy (non-hydrogen) atoms. The maximum Gasteiger partial charge on any atom is 0.316 e. The molecule has 1 rings (SSSR count). The summed E-state index contributed by atoms with van der Waals surface area (Å²) in [5.41, 5.74) is 0.